The summed E-state index contributed by atoms with van der Waals surface area (Å²) in [5.74, 6) is 0. The molecular weight excluding hydrogens is 815 g/mol. The van der Waals surface area contributed by atoms with Crippen LogP contribution in [0.3, 0.4) is 0 Å². The van der Waals surface area contributed by atoms with Gasteiger partial charge in [-0.25, -0.2) is 0 Å². The minimum atomic E-state index is 1.10. The van der Waals surface area contributed by atoms with E-state index in [-0.39, 0.29) is 0 Å². The number of anilines is 3. The summed E-state index contributed by atoms with van der Waals surface area (Å²) in [7, 11) is 0. The summed E-state index contributed by atoms with van der Waals surface area (Å²) in [5.41, 5.74) is 18.0. The summed E-state index contributed by atoms with van der Waals surface area (Å²) in [4.78, 5) is 2.34. The van der Waals surface area contributed by atoms with Gasteiger partial charge in [-0.3, -0.25) is 0 Å². The average molecular weight is 858 g/mol. The molecule has 0 spiro atoms. The lowest BCUT2D eigenvalue weighted by atomic mass is 9.95. The molecule has 0 atom stereocenters. The van der Waals surface area contributed by atoms with Crippen molar-refractivity contribution in [1.82, 2.24) is 0 Å². The van der Waals surface area contributed by atoms with Gasteiger partial charge in [-0.1, -0.05) is 218 Å². The van der Waals surface area contributed by atoms with Crippen LogP contribution >= 0.6 is 11.3 Å². The number of fused-ring (bicyclic) bond motifs is 4. The second-order valence-electron chi connectivity index (χ2n) is 16.9. The van der Waals surface area contributed by atoms with E-state index in [1.54, 1.807) is 0 Å². The molecule has 1 aromatic heterocycles. The first-order valence-corrected chi connectivity index (χ1v) is 23.4. The highest BCUT2D eigenvalue weighted by Crippen LogP contribution is 2.45. The molecule has 2 heteroatoms. The van der Waals surface area contributed by atoms with Crippen molar-refractivity contribution >= 4 is 59.3 Å². The fourth-order valence-corrected chi connectivity index (χ4v) is 10.9. The molecule has 12 rings (SSSR count). The molecular formula is C64H43NS. The van der Waals surface area contributed by atoms with Crippen molar-refractivity contribution in [3.8, 4) is 66.8 Å². The Balaban J connectivity index is 0.839. The van der Waals surface area contributed by atoms with Gasteiger partial charge in [-0.05, 0) is 114 Å². The van der Waals surface area contributed by atoms with Gasteiger partial charge in [0.1, 0.15) is 0 Å². The molecule has 12 aromatic rings. The third kappa shape index (κ3) is 7.34. The normalized spacial score (nSPS) is 11.3. The molecule has 0 radical (unpaired) electrons. The van der Waals surface area contributed by atoms with Crippen molar-refractivity contribution in [3.63, 3.8) is 0 Å². The molecule has 66 heavy (non-hydrogen) atoms. The summed E-state index contributed by atoms with van der Waals surface area (Å²) in [6, 6.07) is 94.8. The second-order valence-corrected chi connectivity index (χ2v) is 17.9. The van der Waals surface area contributed by atoms with E-state index in [0.29, 0.717) is 0 Å². The maximum atomic E-state index is 2.35. The zero-order chi connectivity index (χ0) is 43.8. The molecule has 1 nitrogen and oxygen atoms in total. The predicted molar refractivity (Wildman–Crippen MR) is 284 cm³/mol. The molecule has 0 aliphatic carbocycles. The third-order valence-electron chi connectivity index (χ3n) is 12.9. The zero-order valence-corrected chi connectivity index (χ0v) is 37.0. The highest BCUT2D eigenvalue weighted by molar-refractivity contribution is 7.26. The average Bonchev–Trinajstić information content (AvgIpc) is 3.79. The fraction of sp³-hybridized carbons (Fsp3) is 0. The summed E-state index contributed by atoms with van der Waals surface area (Å²) < 4.78 is 2.65. The van der Waals surface area contributed by atoms with Crippen LogP contribution in [0, 0.1) is 0 Å². The van der Waals surface area contributed by atoms with Gasteiger partial charge in [-0.15, -0.1) is 11.3 Å². The Morgan fingerprint density at radius 1 is 0.227 bits per heavy atom. The quantitative estimate of drug-likeness (QED) is 0.140. The molecule has 1 heterocycles. The molecule has 0 bridgehead atoms. The monoisotopic (exact) mass is 857 g/mol. The number of hydrogen-bond donors (Lipinski definition) is 0. The predicted octanol–water partition coefficient (Wildman–Crippen LogP) is 18.7. The standard InChI is InChI=1S/C64H43NS/c1-3-13-44(14-4-1)47-31-37-54(38-32-47)65(55-39-33-48(34-40-55)45-15-5-2-6-16-45)56-41-35-49(36-42-56)46-27-29-50(30-28-46)52-19-9-20-53(43-52)58-22-11-25-61-62-26-12-24-60(64(62)66-63(58)61)59-23-10-18-51-17-7-8-21-57(51)59/h1-43H. The van der Waals surface area contributed by atoms with Gasteiger partial charge in [0.05, 0.1) is 0 Å². The molecule has 0 aliphatic heterocycles. The van der Waals surface area contributed by atoms with E-state index in [9.17, 15) is 0 Å². The Morgan fingerprint density at radius 2 is 0.576 bits per heavy atom. The van der Waals surface area contributed by atoms with Gasteiger partial charge in [0, 0.05) is 42.8 Å². The minimum Gasteiger partial charge on any atom is -0.311 e. The largest absolute Gasteiger partial charge is 0.311 e. The number of nitrogens with zero attached hydrogens (tertiary/aromatic N) is 1. The lowest BCUT2D eigenvalue weighted by Crippen LogP contribution is -2.09. The lowest BCUT2D eigenvalue weighted by Gasteiger charge is -2.26. The second kappa shape index (κ2) is 17.0. The van der Waals surface area contributed by atoms with Crippen molar-refractivity contribution in [3.05, 3.63) is 261 Å². The number of rotatable bonds is 9. The Labute approximate surface area is 389 Å². The van der Waals surface area contributed by atoms with Crippen molar-refractivity contribution in [2.75, 3.05) is 4.90 Å². The van der Waals surface area contributed by atoms with Gasteiger partial charge in [0.15, 0.2) is 0 Å². The van der Waals surface area contributed by atoms with Crippen LogP contribution in [-0.4, -0.2) is 0 Å². The van der Waals surface area contributed by atoms with Crippen LogP contribution in [0.15, 0.2) is 261 Å². The van der Waals surface area contributed by atoms with Gasteiger partial charge < -0.3 is 4.90 Å². The summed E-state index contributed by atoms with van der Waals surface area (Å²) in [6.07, 6.45) is 0. The number of thiophene rings is 1. The van der Waals surface area contributed by atoms with Crippen molar-refractivity contribution in [2.24, 2.45) is 0 Å². The Morgan fingerprint density at radius 3 is 1.14 bits per heavy atom. The molecule has 0 saturated heterocycles. The zero-order valence-electron chi connectivity index (χ0n) is 36.2. The van der Waals surface area contributed by atoms with Gasteiger partial charge >= 0.3 is 0 Å². The van der Waals surface area contributed by atoms with E-state index < -0.39 is 0 Å². The highest BCUT2D eigenvalue weighted by atomic mass is 32.1. The molecule has 0 fully saturated rings. The first kappa shape index (κ1) is 39.3. The number of benzene rings is 11. The smallest absolute Gasteiger partial charge is 0.0462 e. The number of hydrogen-bond acceptors (Lipinski definition) is 2. The van der Waals surface area contributed by atoms with E-state index in [2.05, 4.69) is 266 Å². The Hall–Kier alpha value is -8.30. The van der Waals surface area contributed by atoms with Crippen LogP contribution in [0.5, 0.6) is 0 Å². The van der Waals surface area contributed by atoms with Crippen LogP contribution < -0.4 is 4.90 Å². The maximum absolute atomic E-state index is 2.35. The molecule has 0 saturated carbocycles. The van der Waals surface area contributed by atoms with Crippen molar-refractivity contribution in [2.45, 2.75) is 0 Å². The van der Waals surface area contributed by atoms with Crippen LogP contribution in [0.4, 0.5) is 17.1 Å². The van der Waals surface area contributed by atoms with E-state index >= 15 is 0 Å². The van der Waals surface area contributed by atoms with Crippen LogP contribution in [0.25, 0.3) is 97.7 Å². The van der Waals surface area contributed by atoms with Crippen molar-refractivity contribution in [1.29, 1.82) is 0 Å². The Bertz CT molecular complexity index is 3560. The maximum Gasteiger partial charge on any atom is 0.0462 e. The lowest BCUT2D eigenvalue weighted by molar-refractivity contribution is 1.28. The molecule has 0 amide bonds. The fourth-order valence-electron chi connectivity index (χ4n) is 9.56. The van der Waals surface area contributed by atoms with Crippen molar-refractivity contribution < 1.29 is 0 Å². The summed E-state index contributed by atoms with van der Waals surface area (Å²) in [6.45, 7) is 0. The minimum absolute atomic E-state index is 1.10. The van der Waals surface area contributed by atoms with Crippen LogP contribution in [0.2, 0.25) is 0 Å². The first-order chi connectivity index (χ1) is 32.7. The molecule has 0 unspecified atom stereocenters. The Kier molecular flexibility index (Phi) is 10.1. The molecule has 0 aliphatic rings. The highest BCUT2D eigenvalue weighted by Gasteiger charge is 2.17. The van der Waals surface area contributed by atoms with E-state index in [1.165, 1.54) is 97.7 Å². The molecule has 11 aromatic carbocycles. The van der Waals surface area contributed by atoms with Gasteiger partial charge in [-0.2, -0.15) is 0 Å². The summed E-state index contributed by atoms with van der Waals surface area (Å²) in [5, 5.41) is 5.17. The van der Waals surface area contributed by atoms with E-state index in [4.69, 9.17) is 0 Å². The van der Waals surface area contributed by atoms with E-state index in [1.807, 2.05) is 11.3 Å². The van der Waals surface area contributed by atoms with E-state index in [0.717, 1.165) is 17.1 Å². The van der Waals surface area contributed by atoms with Crippen LogP contribution in [0.1, 0.15) is 0 Å². The van der Waals surface area contributed by atoms with Gasteiger partial charge in [0.25, 0.3) is 0 Å². The topological polar surface area (TPSA) is 3.24 Å². The summed E-state index contributed by atoms with van der Waals surface area (Å²) >= 11 is 1.91. The SMILES string of the molecule is c1ccc(-c2ccc(N(c3ccc(-c4ccccc4)cc3)c3ccc(-c4ccc(-c5cccc(-c6cccc7c6sc6c(-c8cccc9ccccc89)cccc67)c5)cc4)cc3)cc2)cc1. The first-order valence-electron chi connectivity index (χ1n) is 22.6. The molecule has 310 valence electrons. The van der Waals surface area contributed by atoms with Gasteiger partial charge in [0.2, 0.25) is 0 Å². The van der Waals surface area contributed by atoms with Crippen LogP contribution in [-0.2, 0) is 0 Å². The molecule has 0 N–H and O–H groups in total. The third-order valence-corrected chi connectivity index (χ3v) is 14.2.